The van der Waals surface area contributed by atoms with Gasteiger partial charge in [0.25, 0.3) is 5.91 Å². The van der Waals surface area contributed by atoms with Gasteiger partial charge in [0.15, 0.2) is 0 Å². The lowest BCUT2D eigenvalue weighted by atomic mass is 10.00. The molecule has 0 spiro atoms. The predicted molar refractivity (Wildman–Crippen MR) is 146 cm³/mol. The number of nitrogens with zero attached hydrogens (tertiary/aromatic N) is 2. The van der Waals surface area contributed by atoms with Crippen LogP contribution >= 0.6 is 0 Å². The zero-order valence-corrected chi connectivity index (χ0v) is 22.4. The normalized spacial score (nSPS) is 16.4. The molecule has 10 heteroatoms. The Bertz CT molecular complexity index is 1340. The van der Waals surface area contributed by atoms with Crippen molar-refractivity contribution in [2.75, 3.05) is 43.9 Å². The third-order valence-corrected chi connectivity index (χ3v) is 8.67. The number of carbonyl (C=O) groups excluding carboxylic acids is 1. The number of rotatable bonds is 11. The summed E-state index contributed by atoms with van der Waals surface area (Å²) >= 11 is 0. The Morgan fingerprint density at radius 3 is 2.68 bits per heavy atom. The molecule has 0 saturated heterocycles. The van der Waals surface area contributed by atoms with Gasteiger partial charge >= 0.3 is 0 Å². The lowest BCUT2D eigenvalue weighted by Crippen LogP contribution is -2.49. The molecule has 3 N–H and O–H groups in total. The second-order valence-electron chi connectivity index (χ2n) is 9.41. The highest BCUT2D eigenvalue weighted by Gasteiger charge is 2.29. The van der Waals surface area contributed by atoms with Crippen LogP contribution in [-0.4, -0.2) is 75.8 Å². The van der Waals surface area contributed by atoms with Crippen molar-refractivity contribution < 1.29 is 23.1 Å². The van der Waals surface area contributed by atoms with Gasteiger partial charge in [-0.2, -0.15) is 0 Å². The Hall–Kier alpha value is -2.92. The second-order valence-corrected chi connectivity index (χ2v) is 11.5. The minimum atomic E-state index is -3.51. The quantitative estimate of drug-likeness (QED) is 0.328. The van der Waals surface area contributed by atoms with Gasteiger partial charge in [-0.05, 0) is 36.1 Å². The van der Waals surface area contributed by atoms with Crippen molar-refractivity contribution in [1.82, 2.24) is 15.2 Å². The van der Waals surface area contributed by atoms with Crippen molar-refractivity contribution in [1.29, 1.82) is 0 Å². The summed E-state index contributed by atoms with van der Waals surface area (Å²) in [6, 6.07) is 12.6. The van der Waals surface area contributed by atoms with Crippen molar-refractivity contribution in [3.63, 3.8) is 0 Å². The summed E-state index contributed by atoms with van der Waals surface area (Å²) in [6.07, 6.45) is 2.34. The predicted octanol–water partition coefficient (Wildman–Crippen LogP) is 1.92. The van der Waals surface area contributed by atoms with Crippen LogP contribution in [0.3, 0.4) is 0 Å². The van der Waals surface area contributed by atoms with Crippen LogP contribution in [0.5, 0.6) is 0 Å². The summed E-state index contributed by atoms with van der Waals surface area (Å²) in [5.74, 6) is -0.367. The fraction of sp³-hybridized carbons (Fsp3) is 0.444. The van der Waals surface area contributed by atoms with E-state index >= 15 is 0 Å². The van der Waals surface area contributed by atoms with Gasteiger partial charge in [-0.3, -0.25) is 9.10 Å². The average molecular weight is 529 g/mol. The molecule has 4 rings (SSSR count). The fourth-order valence-electron chi connectivity index (χ4n) is 4.79. The highest BCUT2D eigenvalue weighted by atomic mass is 32.2. The van der Waals surface area contributed by atoms with E-state index < -0.39 is 22.2 Å². The number of anilines is 1. The van der Waals surface area contributed by atoms with Crippen molar-refractivity contribution >= 4 is 32.5 Å². The number of benzene rings is 2. The molecule has 0 bridgehead atoms. The molecule has 200 valence electrons. The standard InChI is InChI=1S/C27H36N4O5S/c1-4-20-18-31-11-13-37(34,35)30(2)24-16-21(15-22(20)26(24)31)27(33)29-23(14-19-8-6-5-7-9-19)25(32)17-28-10-12-36-3/h5-9,15-16,18,23,25,28,32H,4,10-14,17H2,1-3H3,(H,29,33)/t23-,25+/m0/s1. The lowest BCUT2D eigenvalue weighted by molar-refractivity contribution is 0.0825. The zero-order valence-electron chi connectivity index (χ0n) is 21.6. The summed E-state index contributed by atoms with van der Waals surface area (Å²) in [5, 5.41) is 18.0. The minimum absolute atomic E-state index is 0.00590. The van der Waals surface area contributed by atoms with E-state index in [9.17, 15) is 18.3 Å². The van der Waals surface area contributed by atoms with Crippen LogP contribution in [0.2, 0.25) is 0 Å². The summed E-state index contributed by atoms with van der Waals surface area (Å²) in [4.78, 5) is 13.6. The summed E-state index contributed by atoms with van der Waals surface area (Å²) in [7, 11) is -0.364. The number of hydrogen-bond donors (Lipinski definition) is 3. The highest BCUT2D eigenvalue weighted by Crippen LogP contribution is 2.35. The zero-order chi connectivity index (χ0) is 26.6. The largest absolute Gasteiger partial charge is 0.390 e. The smallest absolute Gasteiger partial charge is 0.251 e. The number of sulfonamides is 1. The van der Waals surface area contributed by atoms with Crippen molar-refractivity contribution in [2.24, 2.45) is 0 Å². The average Bonchev–Trinajstić information content (AvgIpc) is 3.22. The number of carbonyl (C=O) groups is 1. The molecule has 2 aromatic carbocycles. The van der Waals surface area contributed by atoms with Crippen molar-refractivity contribution in [3.8, 4) is 0 Å². The van der Waals surface area contributed by atoms with Crippen LogP contribution < -0.4 is 14.9 Å². The van der Waals surface area contributed by atoms with E-state index in [-0.39, 0.29) is 18.2 Å². The molecule has 0 radical (unpaired) electrons. The van der Waals surface area contributed by atoms with E-state index in [2.05, 4.69) is 10.6 Å². The molecule has 1 aliphatic rings. The van der Waals surface area contributed by atoms with E-state index in [1.165, 1.54) is 11.4 Å². The number of aromatic nitrogens is 1. The molecule has 0 aliphatic carbocycles. The molecule has 1 aromatic heterocycles. The van der Waals surface area contributed by atoms with Crippen LogP contribution in [0.4, 0.5) is 5.69 Å². The number of aliphatic hydroxyl groups excluding tert-OH is 1. The second kappa shape index (κ2) is 11.6. The monoisotopic (exact) mass is 528 g/mol. The Labute approximate surface area is 218 Å². The van der Waals surface area contributed by atoms with Crippen LogP contribution in [0.25, 0.3) is 10.9 Å². The van der Waals surface area contributed by atoms with Crippen LogP contribution in [-0.2, 0) is 34.1 Å². The number of aliphatic hydroxyl groups is 1. The van der Waals surface area contributed by atoms with Gasteiger partial charge in [-0.1, -0.05) is 37.3 Å². The maximum atomic E-state index is 13.6. The Kier molecular flexibility index (Phi) is 8.53. The van der Waals surface area contributed by atoms with E-state index in [4.69, 9.17) is 4.74 Å². The van der Waals surface area contributed by atoms with Gasteiger partial charge in [-0.25, -0.2) is 8.42 Å². The number of amides is 1. The Balaban J connectivity index is 1.66. The SMILES string of the molecule is CCc1cn2c3c(cc(C(=O)N[C@@H](Cc4ccccc4)[C@H](O)CNCCOC)cc13)N(C)S(=O)(=O)CC2. The summed E-state index contributed by atoms with van der Waals surface area (Å²) < 4.78 is 34.0. The van der Waals surface area contributed by atoms with E-state index in [0.717, 1.165) is 28.5 Å². The van der Waals surface area contributed by atoms with Gasteiger partial charge in [0, 0.05) is 50.9 Å². The number of methoxy groups -OCH3 is 1. The van der Waals surface area contributed by atoms with Crippen LogP contribution in [0.15, 0.2) is 48.7 Å². The van der Waals surface area contributed by atoms with Gasteiger partial charge in [-0.15, -0.1) is 0 Å². The maximum Gasteiger partial charge on any atom is 0.251 e. The van der Waals surface area contributed by atoms with Crippen LogP contribution in [0, 0.1) is 0 Å². The molecular weight excluding hydrogens is 492 g/mol. The topological polar surface area (TPSA) is 113 Å². The van der Waals surface area contributed by atoms with Gasteiger partial charge < -0.3 is 25.0 Å². The van der Waals surface area contributed by atoms with Gasteiger partial charge in [0.2, 0.25) is 10.0 Å². The molecular formula is C27H36N4O5S. The first kappa shape index (κ1) is 27.1. The first-order chi connectivity index (χ1) is 17.7. The molecule has 0 unspecified atom stereocenters. The fourth-order valence-corrected chi connectivity index (χ4v) is 5.93. The summed E-state index contributed by atoms with van der Waals surface area (Å²) in [5.41, 5.74) is 3.71. The van der Waals surface area contributed by atoms with Crippen molar-refractivity contribution in [2.45, 2.75) is 38.5 Å². The minimum Gasteiger partial charge on any atom is -0.390 e. The van der Waals surface area contributed by atoms with E-state index in [1.807, 2.05) is 54.1 Å². The molecule has 1 amide bonds. The number of ether oxygens (including phenoxy) is 1. The van der Waals surface area contributed by atoms with Crippen molar-refractivity contribution in [3.05, 3.63) is 65.4 Å². The first-order valence-corrected chi connectivity index (χ1v) is 14.2. The molecule has 9 nitrogen and oxygen atoms in total. The van der Waals surface area contributed by atoms with E-state index in [0.29, 0.717) is 37.4 Å². The summed E-state index contributed by atoms with van der Waals surface area (Å²) in [6.45, 7) is 3.79. The first-order valence-electron chi connectivity index (χ1n) is 12.6. The molecule has 3 aromatic rings. The maximum absolute atomic E-state index is 13.6. The number of aryl methyl sites for hydroxylation is 2. The molecule has 2 atom stereocenters. The number of hydrogen-bond acceptors (Lipinski definition) is 6. The van der Waals surface area contributed by atoms with E-state index in [1.54, 1.807) is 13.2 Å². The highest BCUT2D eigenvalue weighted by molar-refractivity contribution is 7.92. The Morgan fingerprint density at radius 1 is 1.22 bits per heavy atom. The number of nitrogens with one attached hydrogen (secondary N) is 2. The Morgan fingerprint density at radius 2 is 1.97 bits per heavy atom. The molecule has 0 fully saturated rings. The molecule has 0 saturated carbocycles. The molecule has 1 aliphatic heterocycles. The van der Waals surface area contributed by atoms with Crippen LogP contribution in [0.1, 0.15) is 28.4 Å². The third-order valence-electron chi connectivity index (χ3n) is 6.94. The van der Waals surface area contributed by atoms with Gasteiger partial charge in [0.1, 0.15) is 0 Å². The molecule has 37 heavy (non-hydrogen) atoms. The molecule has 2 heterocycles. The third kappa shape index (κ3) is 5.98. The lowest BCUT2D eigenvalue weighted by Gasteiger charge is -2.25. The van der Waals surface area contributed by atoms with Gasteiger partial charge in [0.05, 0.1) is 35.7 Å².